The average molecular weight is 359 g/mol. The van der Waals surface area contributed by atoms with E-state index in [4.69, 9.17) is 4.74 Å². The summed E-state index contributed by atoms with van der Waals surface area (Å²) >= 11 is 1.49. The molecule has 3 aromatic rings. The van der Waals surface area contributed by atoms with Gasteiger partial charge >= 0.3 is 6.09 Å². The highest BCUT2D eigenvalue weighted by atomic mass is 32.1. The number of hydrogen-bond acceptors (Lipinski definition) is 6. The van der Waals surface area contributed by atoms with Crippen molar-refractivity contribution in [2.45, 2.75) is 26.2 Å². The molecule has 0 aliphatic carbocycles. The van der Waals surface area contributed by atoms with Crippen molar-refractivity contribution in [2.24, 2.45) is 0 Å². The molecule has 0 saturated carbocycles. The van der Waals surface area contributed by atoms with Crippen LogP contribution in [0.1, 0.15) is 26.5 Å². The number of hydrogen-bond donors (Lipinski definition) is 1. The number of aromatic nitrogens is 3. The fourth-order valence-corrected chi connectivity index (χ4v) is 3.05. The maximum atomic E-state index is 11.5. The Labute approximate surface area is 150 Å². The maximum Gasteiger partial charge on any atom is 0.413 e. The zero-order valence-electron chi connectivity index (χ0n) is 14.9. The minimum Gasteiger partial charge on any atom is -0.452 e. The van der Waals surface area contributed by atoms with Gasteiger partial charge in [0, 0.05) is 23.8 Å². The smallest absolute Gasteiger partial charge is 0.413 e. The van der Waals surface area contributed by atoms with Gasteiger partial charge in [0.15, 0.2) is 0 Å². The second-order valence-corrected chi connectivity index (χ2v) is 7.67. The van der Waals surface area contributed by atoms with Gasteiger partial charge in [-0.1, -0.05) is 32.1 Å². The van der Waals surface area contributed by atoms with E-state index in [-0.39, 0.29) is 5.41 Å². The molecule has 0 fully saturated rings. The van der Waals surface area contributed by atoms with E-state index in [1.807, 2.05) is 30.5 Å². The normalized spacial score (nSPS) is 11.6. The first kappa shape index (κ1) is 17.2. The highest BCUT2D eigenvalue weighted by Gasteiger charge is 2.19. The molecule has 1 aromatic carbocycles. The number of benzene rings is 1. The number of methoxy groups -OCH3 is 1. The molecule has 0 radical (unpaired) electrons. The SMILES string of the molecule is COC(=O)N(C)c1ccc(Nc2nn3cc(C(C)(C)C)nc3s2)cc1. The van der Waals surface area contributed by atoms with Crippen molar-refractivity contribution in [3.8, 4) is 0 Å². The summed E-state index contributed by atoms with van der Waals surface area (Å²) in [5.41, 5.74) is 2.66. The first-order valence-electron chi connectivity index (χ1n) is 7.83. The predicted molar refractivity (Wildman–Crippen MR) is 100 cm³/mol. The summed E-state index contributed by atoms with van der Waals surface area (Å²) in [6, 6.07) is 7.46. The lowest BCUT2D eigenvalue weighted by molar-refractivity contribution is 0.180. The topological polar surface area (TPSA) is 71.8 Å². The van der Waals surface area contributed by atoms with Gasteiger partial charge in [0.05, 0.1) is 19.0 Å². The van der Waals surface area contributed by atoms with E-state index in [2.05, 4.69) is 36.2 Å². The van der Waals surface area contributed by atoms with Crippen molar-refractivity contribution in [1.82, 2.24) is 14.6 Å². The number of anilines is 3. The summed E-state index contributed by atoms with van der Waals surface area (Å²) in [5, 5.41) is 8.54. The van der Waals surface area contributed by atoms with Gasteiger partial charge in [-0.2, -0.15) is 0 Å². The second-order valence-electron chi connectivity index (χ2n) is 6.71. The van der Waals surface area contributed by atoms with E-state index in [1.165, 1.54) is 23.3 Å². The third-order valence-electron chi connectivity index (χ3n) is 3.77. The molecule has 0 bridgehead atoms. The zero-order chi connectivity index (χ0) is 18.2. The molecule has 0 atom stereocenters. The molecule has 1 amide bonds. The highest BCUT2D eigenvalue weighted by molar-refractivity contribution is 7.20. The first-order chi connectivity index (χ1) is 11.8. The lowest BCUT2D eigenvalue weighted by Gasteiger charge is -2.15. The molecule has 8 heteroatoms. The van der Waals surface area contributed by atoms with Crippen molar-refractivity contribution in [3.63, 3.8) is 0 Å². The fourth-order valence-electron chi connectivity index (χ4n) is 2.25. The number of carbonyl (C=O) groups excluding carboxylic acids is 1. The van der Waals surface area contributed by atoms with Gasteiger partial charge < -0.3 is 10.1 Å². The fraction of sp³-hybridized carbons (Fsp3) is 0.353. The van der Waals surface area contributed by atoms with E-state index in [9.17, 15) is 4.79 Å². The van der Waals surface area contributed by atoms with Gasteiger partial charge in [0.2, 0.25) is 10.1 Å². The Bertz CT molecular complexity index is 861. The largest absolute Gasteiger partial charge is 0.452 e. The molecule has 0 unspecified atom stereocenters. The van der Waals surface area contributed by atoms with Gasteiger partial charge in [-0.25, -0.2) is 14.3 Å². The van der Waals surface area contributed by atoms with Crippen molar-refractivity contribution in [3.05, 3.63) is 36.2 Å². The molecule has 0 saturated heterocycles. The zero-order valence-corrected chi connectivity index (χ0v) is 15.7. The molecule has 3 rings (SSSR count). The summed E-state index contributed by atoms with van der Waals surface area (Å²) in [7, 11) is 3.02. The minimum atomic E-state index is -0.406. The van der Waals surface area contributed by atoms with Crippen LogP contribution in [0.2, 0.25) is 0 Å². The van der Waals surface area contributed by atoms with E-state index >= 15 is 0 Å². The third kappa shape index (κ3) is 3.58. The van der Waals surface area contributed by atoms with Gasteiger partial charge in [-0.3, -0.25) is 4.90 Å². The molecular weight excluding hydrogens is 338 g/mol. The molecule has 7 nitrogen and oxygen atoms in total. The molecule has 0 aliphatic rings. The Morgan fingerprint density at radius 3 is 2.52 bits per heavy atom. The molecule has 132 valence electrons. The Balaban J connectivity index is 1.75. The standard InChI is InChI=1S/C17H21N5O2S/c1-17(2,3)13-10-22-15(19-13)25-14(20-22)18-11-6-8-12(9-7-11)21(4)16(23)24-5/h6-10H,1-5H3,(H,18,20). The molecule has 0 spiro atoms. The first-order valence-corrected chi connectivity index (χ1v) is 8.65. The number of nitrogens with zero attached hydrogens (tertiary/aromatic N) is 4. The Kier molecular flexibility index (Phi) is 4.38. The van der Waals surface area contributed by atoms with Crippen molar-refractivity contribution >= 4 is 38.9 Å². The number of fused-ring (bicyclic) bond motifs is 1. The van der Waals surface area contributed by atoms with Crippen LogP contribution < -0.4 is 10.2 Å². The number of carbonyl (C=O) groups is 1. The number of imidazole rings is 1. The van der Waals surface area contributed by atoms with Crippen LogP contribution in [0.5, 0.6) is 0 Å². The van der Waals surface area contributed by atoms with E-state index in [1.54, 1.807) is 11.6 Å². The van der Waals surface area contributed by atoms with Crippen molar-refractivity contribution in [1.29, 1.82) is 0 Å². The van der Waals surface area contributed by atoms with Crippen LogP contribution in [0.3, 0.4) is 0 Å². The van der Waals surface area contributed by atoms with Gasteiger partial charge in [0.1, 0.15) is 0 Å². The van der Waals surface area contributed by atoms with Gasteiger partial charge in [-0.15, -0.1) is 5.10 Å². The average Bonchev–Trinajstić information content (AvgIpc) is 3.12. The van der Waals surface area contributed by atoms with Crippen molar-refractivity contribution < 1.29 is 9.53 Å². The van der Waals surface area contributed by atoms with Gasteiger partial charge in [-0.05, 0) is 24.3 Å². The lowest BCUT2D eigenvalue weighted by atomic mass is 9.93. The van der Waals surface area contributed by atoms with Gasteiger partial charge in [0.25, 0.3) is 0 Å². The van der Waals surface area contributed by atoms with Crippen LogP contribution in [0.25, 0.3) is 4.96 Å². The Morgan fingerprint density at radius 2 is 1.96 bits per heavy atom. The number of ether oxygens (including phenoxy) is 1. The number of amides is 1. The van der Waals surface area contributed by atoms with Crippen LogP contribution in [-0.4, -0.2) is 34.8 Å². The Morgan fingerprint density at radius 1 is 1.28 bits per heavy atom. The molecule has 0 aliphatic heterocycles. The molecular formula is C17H21N5O2S. The van der Waals surface area contributed by atoms with Crippen LogP contribution >= 0.6 is 11.3 Å². The summed E-state index contributed by atoms with van der Waals surface area (Å²) in [6.45, 7) is 6.39. The third-order valence-corrected chi connectivity index (χ3v) is 4.60. The molecule has 2 heterocycles. The van der Waals surface area contributed by atoms with Crippen LogP contribution in [0.15, 0.2) is 30.5 Å². The Hall–Kier alpha value is -2.61. The predicted octanol–water partition coefficient (Wildman–Crippen LogP) is 4.03. The number of rotatable bonds is 3. The second kappa shape index (κ2) is 6.36. The van der Waals surface area contributed by atoms with Crippen LogP contribution in [-0.2, 0) is 10.2 Å². The summed E-state index contributed by atoms with van der Waals surface area (Å²) in [4.78, 5) is 18.5. The minimum absolute atomic E-state index is 0.00249. The number of nitrogens with one attached hydrogen (secondary N) is 1. The van der Waals surface area contributed by atoms with E-state index in [0.717, 1.165) is 27.2 Å². The quantitative estimate of drug-likeness (QED) is 0.764. The lowest BCUT2D eigenvalue weighted by Crippen LogP contribution is -2.25. The molecule has 25 heavy (non-hydrogen) atoms. The highest BCUT2D eigenvalue weighted by Crippen LogP contribution is 2.28. The molecule has 1 N–H and O–H groups in total. The van der Waals surface area contributed by atoms with Crippen LogP contribution in [0.4, 0.5) is 21.3 Å². The monoisotopic (exact) mass is 359 g/mol. The summed E-state index contributed by atoms with van der Waals surface area (Å²) in [6.07, 6.45) is 1.56. The maximum absolute atomic E-state index is 11.5. The summed E-state index contributed by atoms with van der Waals surface area (Å²) < 4.78 is 6.50. The molecule has 2 aromatic heterocycles. The summed E-state index contributed by atoms with van der Waals surface area (Å²) in [5.74, 6) is 0. The van der Waals surface area contributed by atoms with E-state index < -0.39 is 6.09 Å². The van der Waals surface area contributed by atoms with Crippen molar-refractivity contribution in [2.75, 3.05) is 24.4 Å². The van der Waals surface area contributed by atoms with Crippen LogP contribution in [0, 0.1) is 0 Å². The van der Waals surface area contributed by atoms with E-state index in [0.29, 0.717) is 0 Å².